The number of likely N-dealkylation sites (tertiary alicyclic amines) is 1. The van der Waals surface area contributed by atoms with E-state index < -0.39 is 6.67 Å². The molecule has 9 nitrogen and oxygen atoms in total. The van der Waals surface area contributed by atoms with Gasteiger partial charge in [-0.05, 0) is 67.7 Å². The standard InChI is InChI=1S/C29H33FN6O3/c1-4-26(37)32-22-6-5-7-23(17-22)33-28-19(2)18-31-29(35-28)34-24-9-8-21(16-25(24)39-3)20-11-14-36(15-12-20)27(38)10-13-30/h4-9,16-18,20H,1,10-15H2,2-3H3,(H,32,37)(H2,31,33,34,35). The molecule has 3 aromatic rings. The Hall–Kier alpha value is -4.47. The summed E-state index contributed by atoms with van der Waals surface area (Å²) in [6, 6.07) is 13.3. The average molecular weight is 533 g/mol. The van der Waals surface area contributed by atoms with Gasteiger partial charge < -0.3 is 25.6 Å². The molecule has 1 aromatic heterocycles. The number of nitrogens with zero attached hydrogens (tertiary/aromatic N) is 3. The fourth-order valence-electron chi connectivity index (χ4n) is 4.52. The first-order chi connectivity index (χ1) is 18.9. The Balaban J connectivity index is 1.45. The van der Waals surface area contributed by atoms with Gasteiger partial charge in [0.15, 0.2) is 0 Å². The molecule has 0 bridgehead atoms. The fraction of sp³-hybridized carbons (Fsp3) is 0.310. The number of methoxy groups -OCH3 is 1. The average Bonchev–Trinajstić information content (AvgIpc) is 2.95. The molecule has 1 aliphatic rings. The first-order valence-corrected chi connectivity index (χ1v) is 12.8. The molecule has 0 spiro atoms. The highest BCUT2D eigenvalue weighted by Crippen LogP contribution is 2.35. The summed E-state index contributed by atoms with van der Waals surface area (Å²) in [5.74, 6) is 1.56. The predicted molar refractivity (Wildman–Crippen MR) is 151 cm³/mol. The molecular formula is C29H33FN6O3. The van der Waals surface area contributed by atoms with Crippen molar-refractivity contribution >= 4 is 40.6 Å². The maximum Gasteiger partial charge on any atom is 0.247 e. The summed E-state index contributed by atoms with van der Waals surface area (Å²) in [6.45, 7) is 6.02. The molecule has 39 heavy (non-hydrogen) atoms. The van der Waals surface area contributed by atoms with Gasteiger partial charge in [0.25, 0.3) is 0 Å². The molecule has 2 aromatic carbocycles. The summed E-state index contributed by atoms with van der Waals surface area (Å²) in [6.07, 6.45) is 4.54. The highest BCUT2D eigenvalue weighted by molar-refractivity contribution is 5.99. The Morgan fingerprint density at radius 3 is 2.64 bits per heavy atom. The van der Waals surface area contributed by atoms with E-state index in [9.17, 15) is 14.0 Å². The zero-order valence-electron chi connectivity index (χ0n) is 22.2. The van der Waals surface area contributed by atoms with Gasteiger partial charge >= 0.3 is 0 Å². The van der Waals surface area contributed by atoms with Crippen LogP contribution in [0.3, 0.4) is 0 Å². The van der Waals surface area contributed by atoms with Crippen LogP contribution >= 0.6 is 0 Å². The number of carbonyl (C=O) groups is 2. The van der Waals surface area contributed by atoms with Crippen LogP contribution in [0.1, 0.15) is 36.3 Å². The lowest BCUT2D eigenvalue weighted by molar-refractivity contribution is -0.132. The molecule has 4 rings (SSSR count). The van der Waals surface area contributed by atoms with E-state index in [-0.39, 0.29) is 18.2 Å². The predicted octanol–water partition coefficient (Wildman–Crippen LogP) is 5.47. The van der Waals surface area contributed by atoms with Gasteiger partial charge in [-0.3, -0.25) is 14.0 Å². The number of hydrogen-bond acceptors (Lipinski definition) is 7. The number of ether oxygens (including phenoxy) is 1. The maximum absolute atomic E-state index is 12.5. The summed E-state index contributed by atoms with van der Waals surface area (Å²) in [4.78, 5) is 34.4. The number of aromatic nitrogens is 2. The van der Waals surface area contributed by atoms with Crippen molar-refractivity contribution in [3.8, 4) is 5.75 Å². The molecule has 0 atom stereocenters. The Morgan fingerprint density at radius 2 is 1.92 bits per heavy atom. The fourth-order valence-corrected chi connectivity index (χ4v) is 4.52. The Kier molecular flexibility index (Phi) is 9.09. The van der Waals surface area contributed by atoms with E-state index in [4.69, 9.17) is 4.74 Å². The van der Waals surface area contributed by atoms with Gasteiger partial charge in [-0.2, -0.15) is 4.98 Å². The van der Waals surface area contributed by atoms with Gasteiger partial charge in [0.2, 0.25) is 17.8 Å². The third-order valence-electron chi connectivity index (χ3n) is 6.65. The Morgan fingerprint density at radius 1 is 1.15 bits per heavy atom. The van der Waals surface area contributed by atoms with E-state index in [0.29, 0.717) is 42.2 Å². The quantitative estimate of drug-likeness (QED) is 0.297. The summed E-state index contributed by atoms with van der Waals surface area (Å²) >= 11 is 0. The van der Waals surface area contributed by atoms with E-state index in [1.165, 1.54) is 6.08 Å². The second kappa shape index (κ2) is 12.9. The van der Waals surface area contributed by atoms with Crippen LogP contribution in [-0.4, -0.2) is 53.6 Å². The second-order valence-electron chi connectivity index (χ2n) is 9.30. The van der Waals surface area contributed by atoms with E-state index in [0.717, 1.165) is 35.3 Å². The minimum Gasteiger partial charge on any atom is -0.495 e. The molecule has 0 unspecified atom stereocenters. The van der Waals surface area contributed by atoms with Crippen LogP contribution in [0, 0.1) is 6.92 Å². The molecule has 1 saturated heterocycles. The highest BCUT2D eigenvalue weighted by atomic mass is 19.1. The zero-order valence-corrected chi connectivity index (χ0v) is 22.2. The van der Waals surface area contributed by atoms with Crippen LogP contribution in [-0.2, 0) is 9.59 Å². The molecule has 10 heteroatoms. The summed E-state index contributed by atoms with van der Waals surface area (Å²) in [7, 11) is 1.61. The van der Waals surface area contributed by atoms with Gasteiger partial charge in [-0.25, -0.2) is 4.98 Å². The smallest absolute Gasteiger partial charge is 0.247 e. The largest absolute Gasteiger partial charge is 0.495 e. The molecule has 0 radical (unpaired) electrons. The van der Waals surface area contributed by atoms with Crippen molar-refractivity contribution in [1.29, 1.82) is 0 Å². The van der Waals surface area contributed by atoms with Gasteiger partial charge in [0.1, 0.15) is 11.6 Å². The lowest BCUT2D eigenvalue weighted by Crippen LogP contribution is -2.38. The van der Waals surface area contributed by atoms with Gasteiger partial charge in [0, 0.05) is 36.2 Å². The first-order valence-electron chi connectivity index (χ1n) is 12.8. The van der Waals surface area contributed by atoms with Crippen molar-refractivity contribution in [2.75, 3.05) is 42.8 Å². The minimum atomic E-state index is -0.615. The summed E-state index contributed by atoms with van der Waals surface area (Å²) < 4.78 is 18.2. The zero-order chi connectivity index (χ0) is 27.8. The van der Waals surface area contributed by atoms with E-state index in [1.807, 2.05) is 37.3 Å². The topological polar surface area (TPSA) is 108 Å². The third kappa shape index (κ3) is 7.10. The highest BCUT2D eigenvalue weighted by Gasteiger charge is 2.24. The molecule has 2 heterocycles. The van der Waals surface area contributed by atoms with Crippen LogP contribution in [0.5, 0.6) is 5.75 Å². The van der Waals surface area contributed by atoms with Gasteiger partial charge in [-0.15, -0.1) is 0 Å². The van der Waals surface area contributed by atoms with Crippen LogP contribution in [0.15, 0.2) is 61.3 Å². The third-order valence-corrected chi connectivity index (χ3v) is 6.65. The van der Waals surface area contributed by atoms with Crippen LogP contribution in [0.4, 0.5) is 33.2 Å². The van der Waals surface area contributed by atoms with Crippen molar-refractivity contribution in [3.05, 3.63) is 72.4 Å². The van der Waals surface area contributed by atoms with Crippen molar-refractivity contribution in [2.45, 2.75) is 32.1 Å². The number of aryl methyl sites for hydroxylation is 1. The van der Waals surface area contributed by atoms with Gasteiger partial charge in [0.05, 0.1) is 25.9 Å². The number of piperidine rings is 1. The number of alkyl halides is 1. The maximum atomic E-state index is 12.5. The molecule has 2 amide bonds. The van der Waals surface area contributed by atoms with Crippen LogP contribution < -0.4 is 20.7 Å². The number of rotatable bonds is 10. The van der Waals surface area contributed by atoms with Crippen LogP contribution in [0.2, 0.25) is 0 Å². The SMILES string of the molecule is C=CC(=O)Nc1cccc(Nc2nc(Nc3ccc(C4CCN(C(=O)CCF)CC4)cc3OC)ncc2C)c1. The number of anilines is 5. The first kappa shape index (κ1) is 27.6. The monoisotopic (exact) mass is 532 g/mol. The minimum absolute atomic E-state index is 0.0441. The number of amides is 2. The molecule has 1 aliphatic heterocycles. The lowest BCUT2D eigenvalue weighted by Gasteiger charge is -2.32. The number of benzene rings is 2. The molecular weight excluding hydrogens is 499 g/mol. The van der Waals surface area contributed by atoms with Crippen molar-refractivity contribution in [1.82, 2.24) is 14.9 Å². The summed E-state index contributed by atoms with van der Waals surface area (Å²) in [5.41, 5.74) is 4.09. The Labute approximate surface area is 227 Å². The molecule has 1 fully saturated rings. The molecule has 0 saturated carbocycles. The van der Waals surface area contributed by atoms with Crippen molar-refractivity contribution < 1.29 is 18.7 Å². The van der Waals surface area contributed by atoms with Crippen LogP contribution in [0.25, 0.3) is 0 Å². The normalized spacial score (nSPS) is 13.5. The lowest BCUT2D eigenvalue weighted by atomic mass is 9.89. The second-order valence-corrected chi connectivity index (χ2v) is 9.30. The van der Waals surface area contributed by atoms with E-state index >= 15 is 0 Å². The number of halogens is 1. The molecule has 0 aliphatic carbocycles. The van der Waals surface area contributed by atoms with Crippen molar-refractivity contribution in [2.24, 2.45) is 0 Å². The Bertz CT molecular complexity index is 1340. The van der Waals surface area contributed by atoms with Crippen molar-refractivity contribution in [3.63, 3.8) is 0 Å². The van der Waals surface area contributed by atoms with Gasteiger partial charge in [-0.1, -0.05) is 18.7 Å². The summed E-state index contributed by atoms with van der Waals surface area (Å²) in [5, 5.41) is 9.27. The number of hydrogen-bond donors (Lipinski definition) is 3. The molecule has 204 valence electrons. The molecule has 3 N–H and O–H groups in total. The van der Waals surface area contributed by atoms with E-state index in [2.05, 4.69) is 32.5 Å². The van der Waals surface area contributed by atoms with E-state index in [1.54, 1.807) is 30.3 Å². The number of nitrogens with one attached hydrogen (secondary N) is 3. The number of carbonyl (C=O) groups excluding carboxylic acids is 2.